The first kappa shape index (κ1) is 12.9. The third-order valence-corrected chi connectivity index (χ3v) is 3.81. The summed E-state index contributed by atoms with van der Waals surface area (Å²) < 4.78 is 7.10. The third kappa shape index (κ3) is 2.11. The molecule has 2 amide bonds. The highest BCUT2D eigenvalue weighted by Crippen LogP contribution is 2.20. The molecule has 3 heterocycles. The molecule has 0 spiro atoms. The summed E-state index contributed by atoms with van der Waals surface area (Å²) in [5.41, 5.74) is -1.30. The predicted molar refractivity (Wildman–Crippen MR) is 67.0 cm³/mol. The van der Waals surface area contributed by atoms with Crippen molar-refractivity contribution in [3.8, 4) is 0 Å². The first-order valence-electron chi connectivity index (χ1n) is 6.49. The molecule has 1 unspecified atom stereocenters. The number of aliphatic carboxylic acids is 1. The number of nitrogens with one attached hydrogen (secondary N) is 1. The number of carbonyl (C=O) groups is 2. The van der Waals surface area contributed by atoms with Crippen LogP contribution in [0.2, 0.25) is 0 Å². The van der Waals surface area contributed by atoms with Gasteiger partial charge in [-0.25, -0.2) is 14.6 Å². The van der Waals surface area contributed by atoms with Crippen molar-refractivity contribution in [2.45, 2.75) is 25.0 Å². The highest BCUT2D eigenvalue weighted by molar-refractivity contribution is 5.86. The first-order chi connectivity index (χ1) is 9.61. The fraction of sp³-hybridized carbons (Fsp3) is 0.583. The fourth-order valence-electron chi connectivity index (χ4n) is 2.52. The molecule has 0 aromatic carbocycles. The van der Waals surface area contributed by atoms with E-state index in [9.17, 15) is 14.7 Å². The minimum Gasteiger partial charge on any atom is -0.479 e. The van der Waals surface area contributed by atoms with Gasteiger partial charge < -0.3 is 24.6 Å². The van der Waals surface area contributed by atoms with Gasteiger partial charge in [-0.2, -0.15) is 0 Å². The number of hydrogen-bond donors (Lipinski definition) is 2. The van der Waals surface area contributed by atoms with Crippen LogP contribution in [-0.4, -0.2) is 56.9 Å². The second-order valence-corrected chi connectivity index (χ2v) is 5.08. The van der Waals surface area contributed by atoms with Gasteiger partial charge in [-0.05, 0) is 0 Å². The quantitative estimate of drug-likeness (QED) is 0.772. The maximum atomic E-state index is 12.3. The number of carboxylic acid groups (broad SMARTS) is 1. The fourth-order valence-corrected chi connectivity index (χ4v) is 2.52. The minimum atomic E-state index is -1.30. The SMILES string of the molecule is O=C(NC1(C(=O)O)CCOC1)N1CCn2ccnc2C1. The summed E-state index contributed by atoms with van der Waals surface area (Å²) >= 11 is 0. The largest absolute Gasteiger partial charge is 0.479 e. The van der Waals surface area contributed by atoms with Crippen LogP contribution in [0, 0.1) is 0 Å². The van der Waals surface area contributed by atoms with Crippen molar-refractivity contribution >= 4 is 12.0 Å². The number of amides is 2. The van der Waals surface area contributed by atoms with Crippen LogP contribution >= 0.6 is 0 Å². The van der Waals surface area contributed by atoms with Crippen molar-refractivity contribution in [1.82, 2.24) is 19.8 Å². The predicted octanol–water partition coefficient (Wildman–Crippen LogP) is -0.348. The van der Waals surface area contributed by atoms with Gasteiger partial charge in [0, 0.05) is 38.5 Å². The molecule has 20 heavy (non-hydrogen) atoms. The van der Waals surface area contributed by atoms with Gasteiger partial charge in [-0.15, -0.1) is 0 Å². The molecule has 0 radical (unpaired) electrons. The molecular weight excluding hydrogens is 264 g/mol. The standard InChI is InChI=1S/C12H16N4O4/c17-10(18)12(1-6-20-8-12)14-11(19)16-5-4-15-3-2-13-9(15)7-16/h2-3H,1,4-8H2,(H,14,19)(H,17,18). The van der Waals surface area contributed by atoms with Gasteiger partial charge in [0.1, 0.15) is 5.82 Å². The Bertz CT molecular complexity index is 535. The van der Waals surface area contributed by atoms with Crippen molar-refractivity contribution in [3.05, 3.63) is 18.2 Å². The van der Waals surface area contributed by atoms with E-state index in [-0.39, 0.29) is 19.1 Å². The topological polar surface area (TPSA) is 96.7 Å². The summed E-state index contributed by atoms with van der Waals surface area (Å²) in [4.78, 5) is 29.4. The maximum Gasteiger partial charge on any atom is 0.332 e. The normalized spacial score (nSPS) is 25.3. The van der Waals surface area contributed by atoms with Crippen LogP contribution in [-0.2, 0) is 22.6 Å². The Labute approximate surface area is 115 Å². The number of carbonyl (C=O) groups excluding carboxylic acids is 1. The second kappa shape index (κ2) is 4.78. The Kier molecular flexibility index (Phi) is 3.09. The zero-order chi connectivity index (χ0) is 14.2. The van der Waals surface area contributed by atoms with E-state index in [0.29, 0.717) is 26.2 Å². The summed E-state index contributed by atoms with van der Waals surface area (Å²) in [6.07, 6.45) is 3.85. The lowest BCUT2D eigenvalue weighted by Gasteiger charge is -2.31. The molecule has 1 aromatic rings. The van der Waals surface area contributed by atoms with Crippen molar-refractivity contribution in [2.24, 2.45) is 0 Å². The molecule has 1 fully saturated rings. The average molecular weight is 280 g/mol. The van der Waals surface area contributed by atoms with Crippen LogP contribution in [0.4, 0.5) is 4.79 Å². The van der Waals surface area contributed by atoms with Crippen molar-refractivity contribution < 1.29 is 19.4 Å². The zero-order valence-corrected chi connectivity index (χ0v) is 10.9. The first-order valence-corrected chi connectivity index (χ1v) is 6.49. The lowest BCUT2D eigenvalue weighted by molar-refractivity contribution is -0.144. The van der Waals surface area contributed by atoms with E-state index in [1.165, 1.54) is 0 Å². The minimum absolute atomic E-state index is 0.0105. The van der Waals surface area contributed by atoms with Crippen LogP contribution in [0.5, 0.6) is 0 Å². The van der Waals surface area contributed by atoms with Gasteiger partial charge in [0.2, 0.25) is 0 Å². The van der Waals surface area contributed by atoms with Crippen molar-refractivity contribution in [3.63, 3.8) is 0 Å². The summed E-state index contributed by atoms with van der Waals surface area (Å²) in [6.45, 7) is 1.94. The monoisotopic (exact) mass is 280 g/mol. The number of fused-ring (bicyclic) bond motifs is 1. The van der Waals surface area contributed by atoms with Crippen molar-refractivity contribution in [2.75, 3.05) is 19.8 Å². The Morgan fingerprint density at radius 3 is 3.00 bits per heavy atom. The van der Waals surface area contributed by atoms with Crippen LogP contribution in [0.25, 0.3) is 0 Å². The lowest BCUT2D eigenvalue weighted by Crippen LogP contribution is -2.59. The van der Waals surface area contributed by atoms with Gasteiger partial charge in [0.15, 0.2) is 5.54 Å². The van der Waals surface area contributed by atoms with Crippen LogP contribution in [0.3, 0.4) is 0 Å². The van der Waals surface area contributed by atoms with Gasteiger partial charge in [-0.1, -0.05) is 0 Å². The van der Waals surface area contributed by atoms with Gasteiger partial charge >= 0.3 is 12.0 Å². The van der Waals surface area contributed by atoms with Gasteiger partial charge in [0.05, 0.1) is 13.2 Å². The Morgan fingerprint density at radius 1 is 1.45 bits per heavy atom. The molecule has 0 bridgehead atoms. The molecule has 3 rings (SSSR count). The number of ether oxygens (including phenoxy) is 1. The number of nitrogens with zero attached hydrogens (tertiary/aromatic N) is 3. The molecule has 108 valence electrons. The number of carboxylic acids is 1. The van der Waals surface area contributed by atoms with Crippen LogP contribution < -0.4 is 5.32 Å². The smallest absolute Gasteiger partial charge is 0.332 e. The van der Waals surface area contributed by atoms with Crippen LogP contribution in [0.1, 0.15) is 12.2 Å². The third-order valence-electron chi connectivity index (χ3n) is 3.81. The summed E-state index contributed by atoms with van der Waals surface area (Å²) in [6, 6.07) is -0.382. The number of urea groups is 1. The van der Waals surface area contributed by atoms with E-state index in [1.807, 2.05) is 10.8 Å². The zero-order valence-electron chi connectivity index (χ0n) is 10.9. The molecule has 0 saturated carbocycles. The molecule has 2 aliphatic rings. The van der Waals surface area contributed by atoms with Gasteiger partial charge in [-0.3, -0.25) is 0 Å². The van der Waals surface area contributed by atoms with E-state index in [1.54, 1.807) is 11.1 Å². The average Bonchev–Trinajstić information content (AvgIpc) is 3.06. The Hall–Kier alpha value is -2.09. The van der Waals surface area contributed by atoms with Gasteiger partial charge in [0.25, 0.3) is 0 Å². The Balaban J connectivity index is 1.69. The molecule has 1 atom stereocenters. The number of imidazole rings is 1. The Morgan fingerprint density at radius 2 is 2.30 bits per heavy atom. The molecule has 8 heteroatoms. The molecule has 1 saturated heterocycles. The number of rotatable bonds is 2. The maximum absolute atomic E-state index is 12.3. The van der Waals surface area contributed by atoms with E-state index in [0.717, 1.165) is 5.82 Å². The summed E-state index contributed by atoms with van der Waals surface area (Å²) in [7, 11) is 0. The summed E-state index contributed by atoms with van der Waals surface area (Å²) in [5, 5.41) is 11.9. The lowest BCUT2D eigenvalue weighted by atomic mass is 9.99. The molecule has 8 nitrogen and oxygen atoms in total. The van der Waals surface area contributed by atoms with E-state index >= 15 is 0 Å². The molecule has 0 aliphatic carbocycles. The molecule has 1 aromatic heterocycles. The van der Waals surface area contributed by atoms with Crippen molar-refractivity contribution in [1.29, 1.82) is 0 Å². The van der Waals surface area contributed by atoms with E-state index in [4.69, 9.17) is 4.74 Å². The highest BCUT2D eigenvalue weighted by atomic mass is 16.5. The van der Waals surface area contributed by atoms with E-state index < -0.39 is 11.5 Å². The van der Waals surface area contributed by atoms with Crippen LogP contribution in [0.15, 0.2) is 12.4 Å². The summed E-state index contributed by atoms with van der Waals surface area (Å²) in [5.74, 6) is -0.250. The number of aromatic nitrogens is 2. The number of hydrogen-bond acceptors (Lipinski definition) is 4. The van der Waals surface area contributed by atoms with E-state index in [2.05, 4.69) is 10.3 Å². The highest BCUT2D eigenvalue weighted by Gasteiger charge is 2.44. The molecule has 2 aliphatic heterocycles. The molecular formula is C12H16N4O4. The second-order valence-electron chi connectivity index (χ2n) is 5.08. The molecule has 2 N–H and O–H groups in total.